The Hall–Kier alpha value is -2.75. The minimum atomic E-state index is -4.54. The van der Waals surface area contributed by atoms with E-state index in [-0.39, 0.29) is 22.6 Å². The van der Waals surface area contributed by atoms with E-state index in [1.54, 1.807) is 6.07 Å². The molecule has 0 atom stereocenters. The topological polar surface area (TPSA) is 61.8 Å². The lowest BCUT2D eigenvalue weighted by Gasteiger charge is -2.13. The van der Waals surface area contributed by atoms with Gasteiger partial charge in [0.05, 0.1) is 28.2 Å². The van der Waals surface area contributed by atoms with Crippen LogP contribution in [0, 0.1) is 17.1 Å². The fourth-order valence-corrected chi connectivity index (χ4v) is 1.71. The highest BCUT2D eigenvalue weighted by molar-refractivity contribution is 5.75. The zero-order chi connectivity index (χ0) is 15.6. The number of nitriles is 1. The molecule has 0 amide bonds. The molecule has 0 aliphatic carbocycles. The molecule has 108 valence electrons. The van der Waals surface area contributed by atoms with Crippen LogP contribution in [0.25, 0.3) is 0 Å². The third kappa shape index (κ3) is 3.05. The average molecular weight is 295 g/mol. The van der Waals surface area contributed by atoms with Crippen LogP contribution in [0.3, 0.4) is 0 Å². The fraction of sp³-hybridized carbons (Fsp3) is 0.0714. The predicted molar refractivity (Wildman–Crippen MR) is 70.3 cm³/mol. The van der Waals surface area contributed by atoms with E-state index in [1.165, 1.54) is 12.1 Å². The van der Waals surface area contributed by atoms with Crippen LogP contribution in [-0.4, -0.2) is 0 Å². The number of anilines is 3. The summed E-state index contributed by atoms with van der Waals surface area (Å²) >= 11 is 0. The number of halogens is 4. The van der Waals surface area contributed by atoms with Crippen LogP contribution in [0.1, 0.15) is 11.1 Å². The molecule has 0 spiro atoms. The second-order valence-corrected chi connectivity index (χ2v) is 4.20. The first-order valence-electron chi connectivity index (χ1n) is 5.75. The standard InChI is InChI=1S/C14H9F4N3/c15-10-2-1-3-12(13(10)20)21-11-5-4-9(14(16,17)18)6-8(11)7-19/h1-6,21H,20H2. The number of nitrogens with two attached hydrogens (primary N) is 1. The number of nitrogens with one attached hydrogen (secondary N) is 1. The number of para-hydroxylation sites is 1. The molecule has 3 N–H and O–H groups in total. The predicted octanol–water partition coefficient (Wildman–Crippen LogP) is 4.04. The second kappa shape index (κ2) is 5.32. The number of hydrogen-bond acceptors (Lipinski definition) is 3. The van der Waals surface area contributed by atoms with Crippen LogP contribution >= 0.6 is 0 Å². The Morgan fingerprint density at radius 1 is 1.10 bits per heavy atom. The number of alkyl halides is 3. The van der Waals surface area contributed by atoms with E-state index >= 15 is 0 Å². The molecule has 21 heavy (non-hydrogen) atoms. The van der Waals surface area contributed by atoms with E-state index < -0.39 is 17.6 Å². The molecule has 0 aromatic heterocycles. The first-order chi connectivity index (χ1) is 9.82. The van der Waals surface area contributed by atoms with Gasteiger partial charge in [0, 0.05) is 0 Å². The normalized spacial score (nSPS) is 11.0. The fourth-order valence-electron chi connectivity index (χ4n) is 1.71. The zero-order valence-electron chi connectivity index (χ0n) is 10.5. The summed E-state index contributed by atoms with van der Waals surface area (Å²) < 4.78 is 51.0. The number of benzene rings is 2. The Balaban J connectivity index is 2.42. The third-order valence-electron chi connectivity index (χ3n) is 2.79. The summed E-state index contributed by atoms with van der Waals surface area (Å²) in [4.78, 5) is 0. The second-order valence-electron chi connectivity index (χ2n) is 4.20. The molecular weight excluding hydrogens is 286 g/mol. The lowest BCUT2D eigenvalue weighted by molar-refractivity contribution is -0.137. The average Bonchev–Trinajstić information content (AvgIpc) is 2.43. The highest BCUT2D eigenvalue weighted by Crippen LogP contribution is 2.33. The first-order valence-corrected chi connectivity index (χ1v) is 5.75. The molecule has 7 heteroatoms. The summed E-state index contributed by atoms with van der Waals surface area (Å²) in [5, 5.41) is 11.6. The molecule has 2 aromatic carbocycles. The van der Waals surface area contributed by atoms with Crippen LogP contribution in [0.5, 0.6) is 0 Å². The van der Waals surface area contributed by atoms with E-state index in [0.717, 1.165) is 24.3 Å². The van der Waals surface area contributed by atoms with Gasteiger partial charge < -0.3 is 11.1 Å². The Morgan fingerprint density at radius 2 is 1.81 bits per heavy atom. The Morgan fingerprint density at radius 3 is 2.43 bits per heavy atom. The van der Waals surface area contributed by atoms with E-state index in [9.17, 15) is 17.6 Å². The lowest BCUT2D eigenvalue weighted by atomic mass is 10.1. The molecule has 0 aliphatic heterocycles. The molecule has 0 fully saturated rings. The molecular formula is C14H9F4N3. The minimum Gasteiger partial charge on any atom is -0.395 e. The summed E-state index contributed by atoms with van der Waals surface area (Å²) in [5.41, 5.74) is 4.48. The van der Waals surface area contributed by atoms with Crippen LogP contribution < -0.4 is 11.1 Å². The molecule has 0 unspecified atom stereocenters. The van der Waals surface area contributed by atoms with Crippen LogP contribution in [-0.2, 0) is 6.18 Å². The summed E-state index contributed by atoms with van der Waals surface area (Å²) in [7, 11) is 0. The number of rotatable bonds is 2. The van der Waals surface area contributed by atoms with Gasteiger partial charge in [-0.3, -0.25) is 0 Å². The van der Waals surface area contributed by atoms with Gasteiger partial charge in [-0.05, 0) is 30.3 Å². The van der Waals surface area contributed by atoms with Gasteiger partial charge >= 0.3 is 6.18 Å². The van der Waals surface area contributed by atoms with Crippen molar-refractivity contribution in [3.8, 4) is 6.07 Å². The van der Waals surface area contributed by atoms with Gasteiger partial charge in [-0.1, -0.05) is 6.07 Å². The molecule has 3 nitrogen and oxygen atoms in total. The largest absolute Gasteiger partial charge is 0.416 e. The van der Waals surface area contributed by atoms with Gasteiger partial charge in [-0.15, -0.1) is 0 Å². The van der Waals surface area contributed by atoms with Crippen molar-refractivity contribution in [1.29, 1.82) is 5.26 Å². The number of nitrogen functional groups attached to an aromatic ring is 1. The number of nitrogens with zero attached hydrogens (tertiary/aromatic N) is 1. The van der Waals surface area contributed by atoms with Crippen molar-refractivity contribution >= 4 is 17.1 Å². The Bertz CT molecular complexity index is 717. The highest BCUT2D eigenvalue weighted by atomic mass is 19.4. The van der Waals surface area contributed by atoms with Crippen molar-refractivity contribution in [3.63, 3.8) is 0 Å². The highest BCUT2D eigenvalue weighted by Gasteiger charge is 2.31. The zero-order valence-corrected chi connectivity index (χ0v) is 10.5. The van der Waals surface area contributed by atoms with Crippen molar-refractivity contribution in [2.75, 3.05) is 11.1 Å². The molecule has 0 saturated carbocycles. The summed E-state index contributed by atoms with van der Waals surface area (Å²) in [6.45, 7) is 0. The van der Waals surface area contributed by atoms with Crippen LogP contribution in [0.2, 0.25) is 0 Å². The van der Waals surface area contributed by atoms with Gasteiger partial charge in [0.15, 0.2) is 0 Å². The maximum Gasteiger partial charge on any atom is 0.416 e. The SMILES string of the molecule is N#Cc1cc(C(F)(F)F)ccc1Nc1cccc(F)c1N. The van der Waals surface area contributed by atoms with Crippen molar-refractivity contribution in [3.05, 3.63) is 53.3 Å². The molecule has 0 radical (unpaired) electrons. The van der Waals surface area contributed by atoms with Gasteiger partial charge in [0.25, 0.3) is 0 Å². The third-order valence-corrected chi connectivity index (χ3v) is 2.79. The van der Waals surface area contributed by atoms with Gasteiger partial charge in [-0.2, -0.15) is 18.4 Å². The van der Waals surface area contributed by atoms with Crippen molar-refractivity contribution < 1.29 is 17.6 Å². The quantitative estimate of drug-likeness (QED) is 0.649. The monoisotopic (exact) mass is 295 g/mol. The molecule has 0 bridgehead atoms. The maximum absolute atomic E-state index is 13.3. The summed E-state index contributed by atoms with van der Waals surface area (Å²) in [5.74, 6) is -0.662. The minimum absolute atomic E-state index is 0.114. The Kier molecular flexibility index (Phi) is 3.72. The van der Waals surface area contributed by atoms with E-state index in [0.29, 0.717) is 0 Å². The Labute approximate surface area is 117 Å². The molecule has 2 aromatic rings. The first kappa shape index (κ1) is 14.7. The maximum atomic E-state index is 13.3. The molecule has 2 rings (SSSR count). The number of hydrogen-bond donors (Lipinski definition) is 2. The molecule has 0 saturated heterocycles. The van der Waals surface area contributed by atoms with Crippen LogP contribution in [0.15, 0.2) is 36.4 Å². The van der Waals surface area contributed by atoms with Crippen molar-refractivity contribution in [2.45, 2.75) is 6.18 Å². The summed E-state index contributed by atoms with van der Waals surface area (Å²) in [6.07, 6.45) is -4.54. The van der Waals surface area contributed by atoms with Gasteiger partial charge in [0.2, 0.25) is 0 Å². The molecule has 0 aliphatic rings. The molecule has 0 heterocycles. The van der Waals surface area contributed by atoms with Crippen molar-refractivity contribution in [1.82, 2.24) is 0 Å². The van der Waals surface area contributed by atoms with Crippen molar-refractivity contribution in [2.24, 2.45) is 0 Å². The van der Waals surface area contributed by atoms with E-state index in [1.807, 2.05) is 0 Å². The lowest BCUT2D eigenvalue weighted by Crippen LogP contribution is -2.06. The van der Waals surface area contributed by atoms with E-state index in [2.05, 4.69) is 5.32 Å². The van der Waals surface area contributed by atoms with Gasteiger partial charge in [0.1, 0.15) is 11.9 Å². The van der Waals surface area contributed by atoms with Gasteiger partial charge in [-0.25, -0.2) is 4.39 Å². The summed E-state index contributed by atoms with van der Waals surface area (Å²) in [6, 6.07) is 8.32. The van der Waals surface area contributed by atoms with Crippen LogP contribution in [0.4, 0.5) is 34.6 Å². The smallest absolute Gasteiger partial charge is 0.395 e. The van der Waals surface area contributed by atoms with E-state index in [4.69, 9.17) is 11.0 Å².